The molecule has 1 rings (SSSR count). The number of amides is 1. The summed E-state index contributed by atoms with van der Waals surface area (Å²) in [6.45, 7) is 6.16. The van der Waals surface area contributed by atoms with Crippen molar-refractivity contribution in [2.75, 3.05) is 0 Å². The Hall–Kier alpha value is -1.84. The highest BCUT2D eigenvalue weighted by atomic mass is 16.4. The summed E-state index contributed by atoms with van der Waals surface area (Å²) in [4.78, 5) is 22.9. The number of aliphatic carboxylic acids is 1. The van der Waals surface area contributed by atoms with Gasteiger partial charge in [0.05, 0.1) is 6.42 Å². The fourth-order valence-electron chi connectivity index (χ4n) is 2.07. The lowest BCUT2D eigenvalue weighted by molar-refractivity contribution is -0.137. The number of benzene rings is 1. The number of nitrogens with one attached hydrogen (secondary N) is 1. The zero-order valence-corrected chi connectivity index (χ0v) is 12.3. The highest BCUT2D eigenvalue weighted by Crippen LogP contribution is 2.15. The van der Waals surface area contributed by atoms with E-state index in [4.69, 9.17) is 5.11 Å². The van der Waals surface area contributed by atoms with Crippen LogP contribution in [0.1, 0.15) is 61.9 Å². The van der Waals surface area contributed by atoms with E-state index in [1.807, 2.05) is 19.1 Å². The first-order valence-electron chi connectivity index (χ1n) is 7.06. The van der Waals surface area contributed by atoms with Crippen molar-refractivity contribution in [1.82, 2.24) is 5.32 Å². The van der Waals surface area contributed by atoms with Crippen LogP contribution in [0.2, 0.25) is 0 Å². The number of hydrogen-bond acceptors (Lipinski definition) is 2. The minimum atomic E-state index is -0.890. The van der Waals surface area contributed by atoms with Gasteiger partial charge in [-0.15, -0.1) is 0 Å². The Morgan fingerprint density at radius 2 is 1.80 bits per heavy atom. The second-order valence-electron chi connectivity index (χ2n) is 5.33. The quantitative estimate of drug-likeness (QED) is 0.804. The Morgan fingerprint density at radius 3 is 2.25 bits per heavy atom. The van der Waals surface area contributed by atoms with Crippen LogP contribution in [0.3, 0.4) is 0 Å². The number of carboxylic acids is 1. The first-order valence-corrected chi connectivity index (χ1v) is 7.06. The summed E-state index contributed by atoms with van der Waals surface area (Å²) >= 11 is 0. The smallest absolute Gasteiger partial charge is 0.305 e. The fourth-order valence-corrected chi connectivity index (χ4v) is 2.07. The average molecular weight is 277 g/mol. The molecule has 0 saturated carbocycles. The van der Waals surface area contributed by atoms with Crippen molar-refractivity contribution >= 4 is 11.9 Å². The van der Waals surface area contributed by atoms with Crippen LogP contribution in [0, 0.1) is 0 Å². The molecule has 0 saturated heterocycles. The lowest BCUT2D eigenvalue weighted by Gasteiger charge is -2.16. The highest BCUT2D eigenvalue weighted by Gasteiger charge is 2.16. The molecule has 2 N–H and O–H groups in total. The van der Waals surface area contributed by atoms with Gasteiger partial charge in [0, 0.05) is 11.6 Å². The summed E-state index contributed by atoms with van der Waals surface area (Å²) < 4.78 is 0. The normalized spacial score (nSPS) is 12.2. The van der Waals surface area contributed by atoms with Gasteiger partial charge in [0.15, 0.2) is 0 Å². The third-order valence-corrected chi connectivity index (χ3v) is 3.23. The molecular formula is C16H23NO3. The van der Waals surface area contributed by atoms with Crippen LogP contribution in [0.25, 0.3) is 0 Å². The molecule has 1 unspecified atom stereocenters. The molecule has 1 aromatic carbocycles. The van der Waals surface area contributed by atoms with Crippen molar-refractivity contribution in [2.24, 2.45) is 0 Å². The largest absolute Gasteiger partial charge is 0.481 e. The van der Waals surface area contributed by atoms with Crippen LogP contribution in [0.15, 0.2) is 24.3 Å². The molecule has 1 aromatic rings. The van der Waals surface area contributed by atoms with Crippen LogP contribution in [-0.2, 0) is 4.79 Å². The topological polar surface area (TPSA) is 66.4 Å². The van der Waals surface area contributed by atoms with Gasteiger partial charge >= 0.3 is 5.97 Å². The van der Waals surface area contributed by atoms with Crippen LogP contribution in [0.5, 0.6) is 0 Å². The molecule has 0 aromatic heterocycles. The van der Waals surface area contributed by atoms with E-state index in [1.165, 1.54) is 5.56 Å². The third-order valence-electron chi connectivity index (χ3n) is 3.23. The maximum absolute atomic E-state index is 12.1. The van der Waals surface area contributed by atoms with E-state index in [-0.39, 0.29) is 18.4 Å². The number of hydrogen-bond donors (Lipinski definition) is 2. The van der Waals surface area contributed by atoms with Crippen molar-refractivity contribution in [3.63, 3.8) is 0 Å². The van der Waals surface area contributed by atoms with Gasteiger partial charge in [0.25, 0.3) is 5.91 Å². The molecule has 0 aliphatic rings. The molecule has 0 bridgehead atoms. The SMILES string of the molecule is CCCC(CC(=O)O)NC(=O)c1ccc(C(C)C)cc1. The van der Waals surface area contributed by atoms with Gasteiger partial charge in [-0.05, 0) is 30.0 Å². The Labute approximate surface area is 120 Å². The van der Waals surface area contributed by atoms with Crippen molar-refractivity contribution in [3.05, 3.63) is 35.4 Å². The standard InChI is InChI=1S/C16H23NO3/c1-4-5-14(10-15(18)19)17-16(20)13-8-6-12(7-9-13)11(2)3/h6-9,11,14H,4-5,10H2,1-3H3,(H,17,20)(H,18,19). The van der Waals surface area contributed by atoms with E-state index in [9.17, 15) is 9.59 Å². The summed E-state index contributed by atoms with van der Waals surface area (Å²) in [7, 11) is 0. The molecular weight excluding hydrogens is 254 g/mol. The molecule has 0 heterocycles. The summed E-state index contributed by atoms with van der Waals surface area (Å²) in [6.07, 6.45) is 1.47. The molecule has 1 amide bonds. The summed E-state index contributed by atoms with van der Waals surface area (Å²) in [5.41, 5.74) is 1.75. The van der Waals surface area contributed by atoms with E-state index in [0.29, 0.717) is 17.9 Å². The minimum absolute atomic E-state index is 0.0380. The fraction of sp³-hybridized carbons (Fsp3) is 0.500. The van der Waals surface area contributed by atoms with Crippen molar-refractivity contribution < 1.29 is 14.7 Å². The van der Waals surface area contributed by atoms with Crippen LogP contribution in [0.4, 0.5) is 0 Å². The van der Waals surface area contributed by atoms with Gasteiger partial charge in [-0.2, -0.15) is 0 Å². The second kappa shape index (κ2) is 7.68. The highest BCUT2D eigenvalue weighted by molar-refractivity contribution is 5.94. The van der Waals surface area contributed by atoms with E-state index in [1.54, 1.807) is 12.1 Å². The van der Waals surface area contributed by atoms with Crippen LogP contribution >= 0.6 is 0 Å². The Morgan fingerprint density at radius 1 is 1.20 bits per heavy atom. The van der Waals surface area contributed by atoms with Gasteiger partial charge in [0.2, 0.25) is 0 Å². The van der Waals surface area contributed by atoms with Crippen LogP contribution < -0.4 is 5.32 Å². The molecule has 0 aliphatic carbocycles. The molecule has 20 heavy (non-hydrogen) atoms. The summed E-state index contributed by atoms with van der Waals surface area (Å²) in [5.74, 6) is -0.675. The molecule has 1 atom stereocenters. The maximum atomic E-state index is 12.1. The average Bonchev–Trinajstić information content (AvgIpc) is 2.38. The Kier molecular flexibility index (Phi) is 6.22. The predicted octanol–water partition coefficient (Wildman–Crippen LogP) is 3.18. The van der Waals surface area contributed by atoms with Crippen molar-refractivity contribution in [2.45, 2.75) is 52.0 Å². The Bertz CT molecular complexity index is 451. The van der Waals surface area contributed by atoms with E-state index < -0.39 is 5.97 Å². The van der Waals surface area contributed by atoms with Crippen molar-refractivity contribution in [1.29, 1.82) is 0 Å². The minimum Gasteiger partial charge on any atom is -0.481 e. The lowest BCUT2D eigenvalue weighted by atomic mass is 10.0. The lowest BCUT2D eigenvalue weighted by Crippen LogP contribution is -2.36. The molecule has 0 spiro atoms. The zero-order chi connectivity index (χ0) is 15.1. The van der Waals surface area contributed by atoms with Crippen LogP contribution in [-0.4, -0.2) is 23.0 Å². The molecule has 110 valence electrons. The van der Waals surface area contributed by atoms with E-state index >= 15 is 0 Å². The van der Waals surface area contributed by atoms with E-state index in [0.717, 1.165) is 6.42 Å². The predicted molar refractivity (Wildman–Crippen MR) is 78.9 cm³/mol. The van der Waals surface area contributed by atoms with Gasteiger partial charge in [-0.3, -0.25) is 9.59 Å². The molecule has 0 radical (unpaired) electrons. The summed E-state index contributed by atoms with van der Waals surface area (Å²) in [6, 6.07) is 7.13. The number of carboxylic acid groups (broad SMARTS) is 1. The first-order chi connectivity index (χ1) is 9.43. The number of rotatable bonds is 7. The molecule has 0 fully saturated rings. The van der Waals surface area contributed by atoms with Gasteiger partial charge in [-0.25, -0.2) is 0 Å². The molecule has 4 nitrogen and oxygen atoms in total. The second-order valence-corrected chi connectivity index (χ2v) is 5.33. The summed E-state index contributed by atoms with van der Waals surface area (Å²) in [5, 5.41) is 11.6. The zero-order valence-electron chi connectivity index (χ0n) is 12.3. The molecule has 4 heteroatoms. The van der Waals surface area contributed by atoms with Gasteiger partial charge < -0.3 is 10.4 Å². The van der Waals surface area contributed by atoms with Gasteiger partial charge in [-0.1, -0.05) is 39.3 Å². The molecule has 0 aliphatic heterocycles. The number of carbonyl (C=O) groups is 2. The Balaban J connectivity index is 2.70. The van der Waals surface area contributed by atoms with Gasteiger partial charge in [0.1, 0.15) is 0 Å². The van der Waals surface area contributed by atoms with Crippen molar-refractivity contribution in [3.8, 4) is 0 Å². The maximum Gasteiger partial charge on any atom is 0.305 e. The third kappa shape index (κ3) is 5.03. The van der Waals surface area contributed by atoms with E-state index in [2.05, 4.69) is 19.2 Å². The monoisotopic (exact) mass is 277 g/mol. The number of carbonyl (C=O) groups excluding carboxylic acids is 1. The first kappa shape index (κ1) is 16.2.